The third-order valence-electron chi connectivity index (χ3n) is 4.39. The monoisotopic (exact) mass is 463 g/mol. The van der Waals surface area contributed by atoms with Crippen molar-refractivity contribution in [2.45, 2.75) is 19.4 Å². The number of hydrogen-bond acceptors (Lipinski definition) is 3. The van der Waals surface area contributed by atoms with Crippen LogP contribution in [0, 0.1) is 5.82 Å². The Balaban J connectivity index is 0.00000312. The van der Waals surface area contributed by atoms with Gasteiger partial charge in [-0.3, -0.25) is 4.99 Å². The molecule has 1 saturated heterocycles. The molecular weight excluding hydrogens is 432 g/mol. The van der Waals surface area contributed by atoms with Crippen LogP contribution in [0.25, 0.3) is 0 Å². The molecule has 5 nitrogen and oxygen atoms in total. The molecule has 1 aromatic carbocycles. The second-order valence-corrected chi connectivity index (χ2v) is 6.33. The van der Waals surface area contributed by atoms with Gasteiger partial charge in [-0.15, -0.1) is 24.0 Å². The quantitative estimate of drug-likeness (QED) is 0.282. The van der Waals surface area contributed by atoms with Gasteiger partial charge in [0.05, 0.1) is 0 Å². The molecule has 0 radical (unpaired) electrons. The van der Waals surface area contributed by atoms with Crippen molar-refractivity contribution in [1.29, 1.82) is 0 Å². The van der Waals surface area contributed by atoms with E-state index in [2.05, 4.69) is 32.5 Å². The van der Waals surface area contributed by atoms with Crippen LogP contribution >= 0.6 is 24.0 Å². The largest absolute Gasteiger partial charge is 0.356 e. The Hall–Kier alpha value is -0.930. The zero-order chi connectivity index (χ0) is 17.2. The molecule has 0 aliphatic carbocycles. The molecule has 1 fully saturated rings. The Morgan fingerprint density at radius 1 is 1.08 bits per heavy atom. The van der Waals surface area contributed by atoms with Crippen molar-refractivity contribution in [3.8, 4) is 0 Å². The third-order valence-corrected chi connectivity index (χ3v) is 4.39. The molecule has 25 heavy (non-hydrogen) atoms. The number of nitrogens with one attached hydrogen (secondary N) is 2. The fourth-order valence-electron chi connectivity index (χ4n) is 2.75. The summed E-state index contributed by atoms with van der Waals surface area (Å²) in [5.41, 5.74) is 1.04. The number of rotatable bonds is 7. The van der Waals surface area contributed by atoms with E-state index in [1.165, 1.54) is 51.3 Å². The number of aliphatic imine (C=N–C) groups is 1. The van der Waals surface area contributed by atoms with Crippen molar-refractivity contribution >= 4 is 29.9 Å². The molecule has 1 aliphatic heterocycles. The van der Waals surface area contributed by atoms with Crippen LogP contribution in [0.5, 0.6) is 0 Å². The van der Waals surface area contributed by atoms with E-state index in [9.17, 15) is 4.39 Å². The topological polar surface area (TPSA) is 42.9 Å². The lowest BCUT2D eigenvalue weighted by molar-refractivity contribution is 0.152. The number of guanidine groups is 1. The zero-order valence-electron chi connectivity index (χ0n) is 15.3. The second-order valence-electron chi connectivity index (χ2n) is 6.33. The Morgan fingerprint density at radius 3 is 2.40 bits per heavy atom. The molecule has 0 bridgehead atoms. The molecule has 142 valence electrons. The molecule has 0 aromatic heterocycles. The lowest BCUT2D eigenvalue weighted by atomic mass is 10.2. The fourth-order valence-corrected chi connectivity index (χ4v) is 2.75. The summed E-state index contributed by atoms with van der Waals surface area (Å²) in [5, 5.41) is 6.58. The maximum Gasteiger partial charge on any atom is 0.191 e. The van der Waals surface area contributed by atoms with E-state index >= 15 is 0 Å². The van der Waals surface area contributed by atoms with Crippen LogP contribution in [0.3, 0.4) is 0 Å². The predicted molar refractivity (Wildman–Crippen MR) is 113 cm³/mol. The molecule has 1 aliphatic rings. The summed E-state index contributed by atoms with van der Waals surface area (Å²) in [5.74, 6) is 0.584. The Kier molecular flexibility index (Phi) is 11.0. The number of benzene rings is 1. The van der Waals surface area contributed by atoms with E-state index in [1.807, 2.05) is 0 Å². The van der Waals surface area contributed by atoms with Crippen molar-refractivity contribution in [2.75, 3.05) is 53.4 Å². The number of nitrogens with zero attached hydrogens (tertiary/aromatic N) is 3. The maximum atomic E-state index is 12.9. The standard InChI is InChI=1S/C18H30FN5.HI/c1-20-18(22-15-16-5-7-17(19)8-6-16)21-9-3-4-10-24-13-11-23(2)12-14-24;/h5-8H,3-4,9-15H2,1-2H3,(H2,20,21,22);1H. The molecule has 1 aromatic rings. The zero-order valence-corrected chi connectivity index (χ0v) is 17.6. The minimum Gasteiger partial charge on any atom is -0.356 e. The van der Waals surface area contributed by atoms with Crippen LogP contribution in [-0.4, -0.2) is 69.1 Å². The first-order valence-corrected chi connectivity index (χ1v) is 8.77. The highest BCUT2D eigenvalue weighted by Gasteiger charge is 2.12. The van der Waals surface area contributed by atoms with Crippen molar-refractivity contribution in [3.63, 3.8) is 0 Å². The van der Waals surface area contributed by atoms with Gasteiger partial charge in [0.1, 0.15) is 5.82 Å². The van der Waals surface area contributed by atoms with Gasteiger partial charge in [-0.2, -0.15) is 0 Å². The van der Waals surface area contributed by atoms with Crippen LogP contribution < -0.4 is 10.6 Å². The van der Waals surface area contributed by atoms with Crippen LogP contribution in [0.2, 0.25) is 0 Å². The molecule has 2 N–H and O–H groups in total. The Bertz CT molecular complexity index is 501. The smallest absolute Gasteiger partial charge is 0.191 e. The van der Waals surface area contributed by atoms with Crippen molar-refractivity contribution in [1.82, 2.24) is 20.4 Å². The third kappa shape index (κ3) is 8.82. The average Bonchev–Trinajstić information content (AvgIpc) is 2.60. The van der Waals surface area contributed by atoms with E-state index < -0.39 is 0 Å². The highest BCUT2D eigenvalue weighted by molar-refractivity contribution is 14.0. The van der Waals surface area contributed by atoms with Crippen molar-refractivity contribution in [2.24, 2.45) is 4.99 Å². The van der Waals surface area contributed by atoms with Gasteiger partial charge in [0.15, 0.2) is 5.96 Å². The number of piperazine rings is 1. The fraction of sp³-hybridized carbons (Fsp3) is 0.611. The van der Waals surface area contributed by atoms with E-state index in [1.54, 1.807) is 19.2 Å². The highest BCUT2D eigenvalue weighted by Crippen LogP contribution is 2.02. The van der Waals surface area contributed by atoms with Crippen molar-refractivity contribution in [3.05, 3.63) is 35.6 Å². The van der Waals surface area contributed by atoms with Crippen LogP contribution in [0.4, 0.5) is 4.39 Å². The van der Waals surface area contributed by atoms with Crippen LogP contribution in [0.1, 0.15) is 18.4 Å². The maximum absolute atomic E-state index is 12.9. The summed E-state index contributed by atoms with van der Waals surface area (Å²) in [4.78, 5) is 9.15. The summed E-state index contributed by atoms with van der Waals surface area (Å²) in [6, 6.07) is 6.52. The normalized spacial score (nSPS) is 16.4. The van der Waals surface area contributed by atoms with Gasteiger partial charge in [0.25, 0.3) is 0 Å². The van der Waals surface area contributed by atoms with Gasteiger partial charge in [0, 0.05) is 46.3 Å². The molecule has 0 atom stereocenters. The van der Waals surface area contributed by atoms with E-state index in [4.69, 9.17) is 0 Å². The van der Waals surface area contributed by atoms with Crippen LogP contribution in [-0.2, 0) is 6.54 Å². The summed E-state index contributed by atoms with van der Waals surface area (Å²) in [6.45, 7) is 7.46. The first-order chi connectivity index (χ1) is 11.7. The summed E-state index contributed by atoms with van der Waals surface area (Å²) >= 11 is 0. The number of unbranched alkanes of at least 4 members (excludes halogenated alkanes) is 1. The molecule has 2 rings (SSSR count). The van der Waals surface area contributed by atoms with Gasteiger partial charge >= 0.3 is 0 Å². The molecule has 7 heteroatoms. The molecule has 0 spiro atoms. The van der Waals surface area contributed by atoms with Gasteiger partial charge in [-0.1, -0.05) is 12.1 Å². The van der Waals surface area contributed by atoms with E-state index in [-0.39, 0.29) is 29.8 Å². The highest BCUT2D eigenvalue weighted by atomic mass is 127. The lowest BCUT2D eigenvalue weighted by Gasteiger charge is -2.32. The first-order valence-electron chi connectivity index (χ1n) is 8.77. The van der Waals surface area contributed by atoms with Crippen molar-refractivity contribution < 1.29 is 4.39 Å². The summed E-state index contributed by atoms with van der Waals surface area (Å²) < 4.78 is 12.9. The molecule has 1 heterocycles. The second kappa shape index (κ2) is 12.4. The molecule has 0 saturated carbocycles. The summed E-state index contributed by atoms with van der Waals surface area (Å²) in [7, 11) is 3.95. The minimum atomic E-state index is -0.207. The predicted octanol–water partition coefficient (Wildman–Crippen LogP) is 2.14. The lowest BCUT2D eigenvalue weighted by Crippen LogP contribution is -2.44. The Labute approximate surface area is 168 Å². The van der Waals surface area contributed by atoms with E-state index in [0.29, 0.717) is 6.54 Å². The number of likely N-dealkylation sites (N-methyl/N-ethyl adjacent to an activating group) is 1. The van der Waals surface area contributed by atoms with Crippen LogP contribution in [0.15, 0.2) is 29.3 Å². The summed E-state index contributed by atoms with van der Waals surface area (Å²) in [6.07, 6.45) is 2.33. The van der Waals surface area contributed by atoms with Gasteiger partial charge in [-0.25, -0.2) is 4.39 Å². The molecule has 0 amide bonds. The first kappa shape index (κ1) is 22.1. The molecular formula is C18H31FIN5. The van der Waals surface area contributed by atoms with Gasteiger partial charge in [-0.05, 0) is 44.1 Å². The average molecular weight is 463 g/mol. The van der Waals surface area contributed by atoms with Gasteiger partial charge in [0.2, 0.25) is 0 Å². The van der Waals surface area contributed by atoms with Gasteiger partial charge < -0.3 is 20.4 Å². The number of halogens is 2. The number of hydrogen-bond donors (Lipinski definition) is 2. The molecule has 0 unspecified atom stereocenters. The van der Waals surface area contributed by atoms with E-state index in [0.717, 1.165) is 24.5 Å². The Morgan fingerprint density at radius 2 is 1.76 bits per heavy atom. The minimum absolute atomic E-state index is 0. The SMILES string of the molecule is CN=C(NCCCCN1CCN(C)CC1)NCc1ccc(F)cc1.I.